The maximum absolute atomic E-state index is 11.7. The smallest absolute Gasteiger partial charge is 0.236 e. The number of carbonyl (C=O) groups excluding carboxylic acids is 1. The molecular weight excluding hydrogens is 230 g/mol. The van der Waals surface area contributed by atoms with E-state index in [1.165, 1.54) is 0 Å². The summed E-state index contributed by atoms with van der Waals surface area (Å²) in [7, 11) is 1.59. The first-order valence-electron chi connectivity index (χ1n) is 6.19. The molecule has 1 heterocycles. The minimum absolute atomic E-state index is 0.114. The Morgan fingerprint density at radius 1 is 1.39 bits per heavy atom. The third-order valence-corrected chi connectivity index (χ3v) is 2.69. The Bertz CT molecular complexity index is 378. The summed E-state index contributed by atoms with van der Waals surface area (Å²) in [6.45, 7) is 6.34. The van der Waals surface area contributed by atoms with Gasteiger partial charge in [0.1, 0.15) is 0 Å². The summed E-state index contributed by atoms with van der Waals surface area (Å²) >= 11 is 0. The minimum atomic E-state index is 0.114. The Hall–Kier alpha value is -1.62. The fourth-order valence-electron chi connectivity index (χ4n) is 1.66. The van der Waals surface area contributed by atoms with Crippen LogP contribution in [0.5, 0.6) is 5.88 Å². The van der Waals surface area contributed by atoms with Gasteiger partial charge < -0.3 is 15.0 Å². The van der Waals surface area contributed by atoms with Crippen molar-refractivity contribution in [1.29, 1.82) is 0 Å². The van der Waals surface area contributed by atoms with E-state index in [9.17, 15) is 4.79 Å². The molecule has 0 unspecified atom stereocenters. The lowest BCUT2D eigenvalue weighted by Crippen LogP contribution is -2.37. The SMILES string of the molecule is CCN(CC)C(=O)CNCc1cccc(OC)n1. The summed E-state index contributed by atoms with van der Waals surface area (Å²) in [4.78, 5) is 17.8. The highest BCUT2D eigenvalue weighted by Gasteiger charge is 2.08. The van der Waals surface area contributed by atoms with E-state index in [0.29, 0.717) is 19.0 Å². The lowest BCUT2D eigenvalue weighted by atomic mass is 10.3. The highest BCUT2D eigenvalue weighted by Crippen LogP contribution is 2.05. The molecule has 1 aromatic rings. The van der Waals surface area contributed by atoms with E-state index in [1.807, 2.05) is 26.0 Å². The monoisotopic (exact) mass is 251 g/mol. The van der Waals surface area contributed by atoms with Crippen LogP contribution in [-0.4, -0.2) is 42.5 Å². The molecule has 0 bridgehead atoms. The van der Waals surface area contributed by atoms with Gasteiger partial charge in [0.15, 0.2) is 0 Å². The van der Waals surface area contributed by atoms with E-state index in [-0.39, 0.29) is 5.91 Å². The van der Waals surface area contributed by atoms with Crippen LogP contribution in [0.15, 0.2) is 18.2 Å². The number of likely N-dealkylation sites (N-methyl/N-ethyl adjacent to an activating group) is 1. The van der Waals surface area contributed by atoms with Crippen LogP contribution in [-0.2, 0) is 11.3 Å². The second-order valence-electron chi connectivity index (χ2n) is 3.84. The molecule has 0 aromatic carbocycles. The number of methoxy groups -OCH3 is 1. The predicted octanol–water partition coefficient (Wildman–Crippen LogP) is 1.05. The normalized spacial score (nSPS) is 10.2. The van der Waals surface area contributed by atoms with Crippen LogP contribution in [0.2, 0.25) is 0 Å². The number of nitrogens with one attached hydrogen (secondary N) is 1. The summed E-state index contributed by atoms with van der Waals surface area (Å²) in [5.74, 6) is 0.701. The van der Waals surface area contributed by atoms with Crippen molar-refractivity contribution in [1.82, 2.24) is 15.2 Å². The lowest BCUT2D eigenvalue weighted by molar-refractivity contribution is -0.129. The van der Waals surface area contributed by atoms with Gasteiger partial charge in [-0.3, -0.25) is 4.79 Å². The number of carbonyl (C=O) groups is 1. The average Bonchev–Trinajstić information content (AvgIpc) is 2.40. The molecule has 18 heavy (non-hydrogen) atoms. The van der Waals surface area contributed by atoms with Crippen molar-refractivity contribution < 1.29 is 9.53 Å². The molecule has 0 fully saturated rings. The summed E-state index contributed by atoms with van der Waals surface area (Å²) in [5, 5.41) is 3.09. The van der Waals surface area contributed by atoms with Crippen molar-refractivity contribution in [3.8, 4) is 5.88 Å². The largest absolute Gasteiger partial charge is 0.481 e. The van der Waals surface area contributed by atoms with Gasteiger partial charge in [-0.25, -0.2) is 4.98 Å². The zero-order valence-corrected chi connectivity index (χ0v) is 11.3. The Morgan fingerprint density at radius 2 is 2.11 bits per heavy atom. The van der Waals surface area contributed by atoms with Crippen LogP contribution in [0.25, 0.3) is 0 Å². The first-order valence-corrected chi connectivity index (χ1v) is 6.19. The first kappa shape index (κ1) is 14.4. The first-order chi connectivity index (χ1) is 8.71. The zero-order valence-electron chi connectivity index (χ0n) is 11.3. The van der Waals surface area contributed by atoms with Crippen LogP contribution in [0, 0.1) is 0 Å². The number of nitrogens with zero attached hydrogens (tertiary/aromatic N) is 2. The van der Waals surface area contributed by atoms with E-state index < -0.39 is 0 Å². The second kappa shape index (κ2) is 7.66. The van der Waals surface area contributed by atoms with Crippen LogP contribution in [0.1, 0.15) is 19.5 Å². The molecule has 0 aliphatic rings. The second-order valence-corrected chi connectivity index (χ2v) is 3.84. The van der Waals surface area contributed by atoms with Crippen molar-refractivity contribution in [2.45, 2.75) is 20.4 Å². The molecule has 100 valence electrons. The maximum Gasteiger partial charge on any atom is 0.236 e. The van der Waals surface area contributed by atoms with Gasteiger partial charge in [0.25, 0.3) is 0 Å². The number of hydrogen-bond acceptors (Lipinski definition) is 4. The Kier molecular flexibility index (Phi) is 6.14. The number of amides is 1. The number of ether oxygens (including phenoxy) is 1. The Morgan fingerprint density at radius 3 is 2.72 bits per heavy atom. The van der Waals surface area contributed by atoms with Gasteiger partial charge in [0.05, 0.1) is 19.3 Å². The van der Waals surface area contributed by atoms with E-state index in [2.05, 4.69) is 10.3 Å². The number of hydrogen-bond donors (Lipinski definition) is 1. The van der Waals surface area contributed by atoms with Crippen LogP contribution >= 0.6 is 0 Å². The Balaban J connectivity index is 2.39. The molecule has 1 rings (SSSR count). The lowest BCUT2D eigenvalue weighted by Gasteiger charge is -2.18. The van der Waals surface area contributed by atoms with Gasteiger partial charge in [0, 0.05) is 25.7 Å². The van der Waals surface area contributed by atoms with E-state index in [1.54, 1.807) is 18.1 Å². The van der Waals surface area contributed by atoms with Crippen LogP contribution < -0.4 is 10.1 Å². The molecule has 5 heteroatoms. The molecule has 1 N–H and O–H groups in total. The molecule has 5 nitrogen and oxygen atoms in total. The number of rotatable bonds is 7. The van der Waals surface area contributed by atoms with Gasteiger partial charge in [-0.1, -0.05) is 6.07 Å². The van der Waals surface area contributed by atoms with Gasteiger partial charge in [-0.05, 0) is 19.9 Å². The van der Waals surface area contributed by atoms with Gasteiger partial charge in [0.2, 0.25) is 11.8 Å². The van der Waals surface area contributed by atoms with E-state index in [4.69, 9.17) is 4.74 Å². The molecule has 0 aliphatic heterocycles. The minimum Gasteiger partial charge on any atom is -0.481 e. The summed E-state index contributed by atoms with van der Waals surface area (Å²) in [5.41, 5.74) is 0.863. The number of pyridine rings is 1. The van der Waals surface area contributed by atoms with E-state index >= 15 is 0 Å². The number of aromatic nitrogens is 1. The third-order valence-electron chi connectivity index (χ3n) is 2.69. The van der Waals surface area contributed by atoms with Crippen LogP contribution in [0.4, 0.5) is 0 Å². The third kappa shape index (κ3) is 4.33. The zero-order chi connectivity index (χ0) is 13.4. The van der Waals surface area contributed by atoms with E-state index in [0.717, 1.165) is 18.8 Å². The fraction of sp³-hybridized carbons (Fsp3) is 0.538. The molecule has 0 saturated heterocycles. The molecule has 1 aromatic heterocycles. The Labute approximate surface area is 108 Å². The van der Waals surface area contributed by atoms with Crippen LogP contribution in [0.3, 0.4) is 0 Å². The van der Waals surface area contributed by atoms with Crippen molar-refractivity contribution in [2.75, 3.05) is 26.7 Å². The highest BCUT2D eigenvalue weighted by molar-refractivity contribution is 5.78. The fourth-order valence-corrected chi connectivity index (χ4v) is 1.66. The van der Waals surface area contributed by atoms with Gasteiger partial charge in [-0.15, -0.1) is 0 Å². The van der Waals surface area contributed by atoms with Gasteiger partial charge >= 0.3 is 0 Å². The summed E-state index contributed by atoms with van der Waals surface area (Å²) in [6, 6.07) is 5.58. The van der Waals surface area contributed by atoms with Crippen molar-refractivity contribution in [3.63, 3.8) is 0 Å². The predicted molar refractivity (Wildman–Crippen MR) is 70.4 cm³/mol. The van der Waals surface area contributed by atoms with Crippen molar-refractivity contribution >= 4 is 5.91 Å². The topological polar surface area (TPSA) is 54.5 Å². The highest BCUT2D eigenvalue weighted by atomic mass is 16.5. The molecule has 0 spiro atoms. The standard InChI is InChI=1S/C13H21N3O2/c1-4-16(5-2)13(17)10-14-9-11-7-6-8-12(15-11)18-3/h6-8,14H,4-5,9-10H2,1-3H3. The molecular formula is C13H21N3O2. The maximum atomic E-state index is 11.7. The molecule has 0 aliphatic carbocycles. The molecule has 0 saturated carbocycles. The summed E-state index contributed by atoms with van der Waals surface area (Å²) < 4.78 is 5.04. The summed E-state index contributed by atoms with van der Waals surface area (Å²) in [6.07, 6.45) is 0. The van der Waals surface area contributed by atoms with Gasteiger partial charge in [-0.2, -0.15) is 0 Å². The van der Waals surface area contributed by atoms with Crippen molar-refractivity contribution in [3.05, 3.63) is 23.9 Å². The molecule has 0 radical (unpaired) electrons. The van der Waals surface area contributed by atoms with Crippen molar-refractivity contribution in [2.24, 2.45) is 0 Å². The molecule has 1 amide bonds. The average molecular weight is 251 g/mol. The molecule has 0 atom stereocenters. The quantitative estimate of drug-likeness (QED) is 0.787.